The van der Waals surface area contributed by atoms with Crippen LogP contribution in [0.25, 0.3) is 0 Å². The van der Waals surface area contributed by atoms with Crippen LogP contribution in [0.15, 0.2) is 4.99 Å². The third-order valence-corrected chi connectivity index (χ3v) is 8.22. The highest BCUT2D eigenvalue weighted by Gasteiger charge is 2.41. The van der Waals surface area contributed by atoms with E-state index in [-0.39, 0.29) is 29.5 Å². The summed E-state index contributed by atoms with van der Waals surface area (Å²) < 4.78 is 10.0. The zero-order chi connectivity index (χ0) is 20.1. The molecular formula is C19H34IN7OS2. The molecule has 8 nitrogen and oxygen atoms in total. The summed E-state index contributed by atoms with van der Waals surface area (Å²) in [6, 6.07) is 0. The highest BCUT2D eigenvalue weighted by Crippen LogP contribution is 2.33. The molecule has 3 fully saturated rings. The summed E-state index contributed by atoms with van der Waals surface area (Å²) in [5.74, 6) is 4.42. The lowest BCUT2D eigenvalue weighted by molar-refractivity contribution is -0.0121. The maximum Gasteiger partial charge on any atom is 0.205 e. The van der Waals surface area contributed by atoms with E-state index in [0.29, 0.717) is 0 Å². The number of aromatic nitrogens is 2. The molecule has 3 aliphatic rings. The molecule has 1 atom stereocenters. The van der Waals surface area contributed by atoms with Crippen LogP contribution < -0.4 is 10.2 Å². The largest absolute Gasteiger partial charge is 0.379 e. The van der Waals surface area contributed by atoms with Crippen LogP contribution >= 0.6 is 47.3 Å². The topological polar surface area (TPSA) is 69.1 Å². The summed E-state index contributed by atoms with van der Waals surface area (Å²) in [6.45, 7) is 10.7. The normalized spacial score (nSPS) is 26.0. The van der Waals surface area contributed by atoms with Crippen molar-refractivity contribution in [3.05, 3.63) is 5.82 Å². The van der Waals surface area contributed by atoms with Crippen LogP contribution in [0, 0.1) is 0 Å². The maximum atomic E-state index is 5.59. The number of ether oxygens (including phenoxy) is 1. The summed E-state index contributed by atoms with van der Waals surface area (Å²) in [5.41, 5.74) is 0.231. The fourth-order valence-corrected chi connectivity index (χ4v) is 6.62. The molecule has 170 valence electrons. The molecule has 1 unspecified atom stereocenters. The van der Waals surface area contributed by atoms with E-state index in [4.69, 9.17) is 4.74 Å². The molecule has 1 aromatic rings. The molecule has 11 heteroatoms. The minimum absolute atomic E-state index is 0. The second-order valence-electron chi connectivity index (χ2n) is 7.85. The number of hydrogen-bond acceptors (Lipinski definition) is 8. The first-order chi connectivity index (χ1) is 14.2. The number of halogens is 1. The van der Waals surface area contributed by atoms with Gasteiger partial charge in [0.15, 0.2) is 5.96 Å². The molecule has 0 radical (unpaired) electrons. The van der Waals surface area contributed by atoms with E-state index in [9.17, 15) is 0 Å². The number of guanidine groups is 1. The van der Waals surface area contributed by atoms with Crippen molar-refractivity contribution in [1.29, 1.82) is 0 Å². The van der Waals surface area contributed by atoms with Gasteiger partial charge in [0.05, 0.1) is 13.2 Å². The molecular weight excluding hydrogens is 533 g/mol. The lowest BCUT2D eigenvalue weighted by Gasteiger charge is -2.44. The fraction of sp³-hybridized carbons (Fsp3) is 0.842. The number of piperazine rings is 1. The van der Waals surface area contributed by atoms with Crippen LogP contribution in [0.5, 0.6) is 0 Å². The molecule has 0 bridgehead atoms. The first-order valence-corrected chi connectivity index (χ1v) is 12.6. The quantitative estimate of drug-likeness (QED) is 0.327. The van der Waals surface area contributed by atoms with E-state index < -0.39 is 0 Å². The lowest BCUT2D eigenvalue weighted by Crippen LogP contribution is -2.61. The number of nitrogens with zero attached hydrogens (tertiary/aromatic N) is 6. The second-order valence-corrected chi connectivity index (χ2v) is 9.68. The molecule has 0 spiro atoms. The van der Waals surface area contributed by atoms with Crippen LogP contribution in [-0.4, -0.2) is 108 Å². The number of hydrogen-bond donors (Lipinski definition) is 1. The lowest BCUT2D eigenvalue weighted by atomic mass is 9.95. The van der Waals surface area contributed by atoms with Crippen LogP contribution in [-0.2, 0) is 11.2 Å². The Kier molecular flexibility index (Phi) is 9.29. The summed E-state index contributed by atoms with van der Waals surface area (Å²) in [5, 5.41) is 4.78. The maximum absolute atomic E-state index is 5.59. The van der Waals surface area contributed by atoms with Gasteiger partial charge in [-0.2, -0.15) is 16.1 Å². The minimum Gasteiger partial charge on any atom is -0.379 e. The van der Waals surface area contributed by atoms with Crippen molar-refractivity contribution in [2.45, 2.75) is 25.3 Å². The van der Waals surface area contributed by atoms with Crippen LogP contribution in [0.2, 0.25) is 0 Å². The Labute approximate surface area is 205 Å². The van der Waals surface area contributed by atoms with Gasteiger partial charge in [0.2, 0.25) is 5.13 Å². The fourth-order valence-electron chi connectivity index (χ4n) is 4.34. The average molecular weight is 568 g/mol. The molecule has 1 aromatic heterocycles. The first-order valence-electron chi connectivity index (χ1n) is 10.7. The number of anilines is 1. The van der Waals surface area contributed by atoms with Crippen molar-refractivity contribution in [3.63, 3.8) is 0 Å². The monoisotopic (exact) mass is 567 g/mol. The van der Waals surface area contributed by atoms with Gasteiger partial charge in [-0.25, -0.2) is 4.98 Å². The van der Waals surface area contributed by atoms with E-state index in [0.717, 1.165) is 82.4 Å². The van der Waals surface area contributed by atoms with Crippen molar-refractivity contribution in [2.75, 3.05) is 82.5 Å². The first kappa shape index (κ1) is 24.3. The Balaban J connectivity index is 0.00000256. The molecule has 1 N–H and O–H groups in total. The molecule has 0 aliphatic carbocycles. The Bertz CT molecular complexity index is 684. The predicted molar refractivity (Wildman–Crippen MR) is 137 cm³/mol. The van der Waals surface area contributed by atoms with Crippen LogP contribution in [0.4, 0.5) is 5.13 Å². The third kappa shape index (κ3) is 5.51. The van der Waals surface area contributed by atoms with Gasteiger partial charge >= 0.3 is 0 Å². The van der Waals surface area contributed by atoms with Gasteiger partial charge in [0.25, 0.3) is 0 Å². The minimum atomic E-state index is 0. The van der Waals surface area contributed by atoms with Crippen LogP contribution in [0.3, 0.4) is 0 Å². The smallest absolute Gasteiger partial charge is 0.205 e. The molecule has 3 aliphatic heterocycles. The second kappa shape index (κ2) is 11.5. The zero-order valence-electron chi connectivity index (χ0n) is 18.0. The molecule has 4 rings (SSSR count). The molecule has 0 amide bonds. The predicted octanol–water partition coefficient (Wildman–Crippen LogP) is 1.62. The van der Waals surface area contributed by atoms with E-state index in [1.165, 1.54) is 29.5 Å². The number of aliphatic imine (C=N–C) groups is 1. The van der Waals surface area contributed by atoms with Gasteiger partial charge in [-0.3, -0.25) is 9.89 Å². The number of morpholine rings is 1. The van der Waals surface area contributed by atoms with E-state index >= 15 is 0 Å². The highest BCUT2D eigenvalue weighted by atomic mass is 127. The molecule has 0 aromatic carbocycles. The number of rotatable bonds is 5. The Morgan fingerprint density at radius 2 is 1.97 bits per heavy atom. The SMILES string of the molecule is CCc1nsc(N2CCN(C(=NC)NCC3(N4CCOCC4)CCSC3)CC2)n1.I. The van der Waals surface area contributed by atoms with Gasteiger partial charge < -0.3 is 19.9 Å². The van der Waals surface area contributed by atoms with E-state index in [1.54, 1.807) is 0 Å². The van der Waals surface area contributed by atoms with Crippen LogP contribution in [0.1, 0.15) is 19.2 Å². The summed E-state index contributed by atoms with van der Waals surface area (Å²) in [7, 11) is 1.90. The van der Waals surface area contributed by atoms with Gasteiger partial charge in [-0.05, 0) is 12.2 Å². The number of aryl methyl sites for hydroxylation is 1. The van der Waals surface area contributed by atoms with Gasteiger partial charge in [-0.1, -0.05) is 6.92 Å². The number of thioether (sulfide) groups is 1. The van der Waals surface area contributed by atoms with E-state index in [1.807, 2.05) is 7.05 Å². The molecule has 4 heterocycles. The summed E-state index contributed by atoms with van der Waals surface area (Å²) in [4.78, 5) is 16.6. The van der Waals surface area contributed by atoms with Gasteiger partial charge in [0, 0.05) is 82.1 Å². The van der Waals surface area contributed by atoms with Crippen molar-refractivity contribution in [1.82, 2.24) is 24.5 Å². The van der Waals surface area contributed by atoms with Gasteiger partial charge in [0.1, 0.15) is 5.82 Å². The number of nitrogens with one attached hydrogen (secondary N) is 1. The van der Waals surface area contributed by atoms with Crippen molar-refractivity contribution < 1.29 is 4.74 Å². The Morgan fingerprint density at radius 3 is 2.57 bits per heavy atom. The zero-order valence-corrected chi connectivity index (χ0v) is 22.0. The Morgan fingerprint density at radius 1 is 1.20 bits per heavy atom. The highest BCUT2D eigenvalue weighted by molar-refractivity contribution is 14.0. The van der Waals surface area contributed by atoms with E-state index in [2.05, 4.69) is 53.1 Å². The molecule has 30 heavy (non-hydrogen) atoms. The average Bonchev–Trinajstić information content (AvgIpc) is 3.46. The third-order valence-electron chi connectivity index (χ3n) is 6.18. The van der Waals surface area contributed by atoms with Crippen molar-refractivity contribution in [2.24, 2.45) is 4.99 Å². The molecule has 3 saturated heterocycles. The summed E-state index contributed by atoms with van der Waals surface area (Å²) >= 11 is 3.60. The Hall–Kier alpha value is -0.370. The molecule has 0 saturated carbocycles. The van der Waals surface area contributed by atoms with Gasteiger partial charge in [-0.15, -0.1) is 24.0 Å². The summed E-state index contributed by atoms with van der Waals surface area (Å²) in [6.07, 6.45) is 2.14. The van der Waals surface area contributed by atoms with Crippen molar-refractivity contribution >= 4 is 58.4 Å². The standard InChI is InChI=1S/C19H33N7OS2.HI/c1-3-16-22-18(29-23-16)25-7-5-24(6-8-25)17(20-2)21-14-19(4-13-28-15-19)26-9-11-27-12-10-26;/h3-15H2,1-2H3,(H,20,21);1H. The van der Waals surface area contributed by atoms with Crippen molar-refractivity contribution in [3.8, 4) is 0 Å².